The normalized spacial score (nSPS) is 17.6. The third-order valence-electron chi connectivity index (χ3n) is 11.3. The first-order valence-corrected chi connectivity index (χ1v) is 21.9. The number of rotatable bonds is 24. The van der Waals surface area contributed by atoms with Crippen molar-refractivity contribution in [3.8, 4) is 0 Å². The smallest absolute Gasteiger partial charge is 0.306 e. The molecule has 2 aromatic rings. The topological polar surface area (TPSA) is 175 Å². The van der Waals surface area contributed by atoms with E-state index in [9.17, 15) is 33.9 Å². The van der Waals surface area contributed by atoms with Crippen LogP contribution in [-0.2, 0) is 35.1 Å². The fourth-order valence-corrected chi connectivity index (χ4v) is 8.47. The number of carboxylic acid groups (broad SMARTS) is 1. The summed E-state index contributed by atoms with van der Waals surface area (Å²) in [4.78, 5) is 88.5. The third-order valence-corrected chi connectivity index (χ3v) is 12.3. The zero-order valence-electron chi connectivity index (χ0n) is 35.8. The van der Waals surface area contributed by atoms with Crippen LogP contribution in [0.3, 0.4) is 0 Å². The number of Topliss-reactive ketones (excluding diaryl/α,β-unsaturated/α-hetero) is 1. The van der Waals surface area contributed by atoms with Gasteiger partial charge in [0.1, 0.15) is 10.7 Å². The van der Waals surface area contributed by atoms with Crippen molar-refractivity contribution in [2.75, 3.05) is 26.7 Å². The molecule has 3 rings (SSSR count). The predicted octanol–water partition coefficient (Wildman–Crippen LogP) is 6.46. The minimum atomic E-state index is -0.961. The van der Waals surface area contributed by atoms with Crippen molar-refractivity contribution in [1.29, 1.82) is 0 Å². The zero-order valence-corrected chi connectivity index (χ0v) is 36.6. The van der Waals surface area contributed by atoms with E-state index in [1.54, 1.807) is 17.2 Å². The van der Waals surface area contributed by atoms with E-state index in [0.717, 1.165) is 55.5 Å². The van der Waals surface area contributed by atoms with E-state index in [0.29, 0.717) is 24.4 Å². The summed E-state index contributed by atoms with van der Waals surface area (Å²) in [7, 11) is 1.95. The number of ketones is 1. The van der Waals surface area contributed by atoms with E-state index in [-0.39, 0.29) is 67.0 Å². The van der Waals surface area contributed by atoms with Crippen LogP contribution in [0, 0.1) is 23.7 Å². The number of thiazole rings is 1. The quantitative estimate of drug-likeness (QED) is 0.0787. The largest absolute Gasteiger partial charge is 0.481 e. The van der Waals surface area contributed by atoms with Crippen molar-refractivity contribution in [1.82, 2.24) is 25.4 Å². The number of ether oxygens (including phenoxy) is 1. The molecule has 3 amide bonds. The second-order valence-corrected chi connectivity index (χ2v) is 17.3. The molecule has 1 aliphatic heterocycles. The number of amides is 3. The maximum atomic E-state index is 14.9. The molecule has 2 heterocycles. The number of esters is 1. The van der Waals surface area contributed by atoms with Crippen LogP contribution in [0.15, 0.2) is 35.7 Å². The molecule has 0 saturated carbocycles. The first-order valence-electron chi connectivity index (χ1n) is 21.1. The number of likely N-dealkylation sites (N-methyl/N-ethyl adjacent to an activating group) is 1. The molecule has 0 radical (unpaired) electrons. The Hall–Kier alpha value is -4.17. The number of nitrogens with zero attached hydrogens (tertiary/aromatic N) is 3. The zero-order chi connectivity index (χ0) is 42.9. The molecular weight excluding hydrogens is 759 g/mol. The summed E-state index contributed by atoms with van der Waals surface area (Å²) in [5.41, 5.74) is 1.03. The van der Waals surface area contributed by atoms with Crippen LogP contribution >= 0.6 is 11.3 Å². The second kappa shape index (κ2) is 24.0. The number of carboxylic acids is 1. The van der Waals surface area contributed by atoms with Gasteiger partial charge in [-0.3, -0.25) is 33.7 Å². The van der Waals surface area contributed by atoms with Crippen LogP contribution in [0.2, 0.25) is 0 Å². The molecule has 0 spiro atoms. The average molecular weight is 826 g/mol. The first kappa shape index (κ1) is 48.2. The van der Waals surface area contributed by atoms with Gasteiger partial charge in [-0.05, 0) is 63.1 Å². The van der Waals surface area contributed by atoms with Gasteiger partial charge in [0.2, 0.25) is 11.8 Å². The van der Waals surface area contributed by atoms with Crippen LogP contribution in [0.25, 0.3) is 0 Å². The minimum absolute atomic E-state index is 0.0316. The van der Waals surface area contributed by atoms with Gasteiger partial charge in [-0.1, -0.05) is 91.1 Å². The number of piperidine rings is 1. The van der Waals surface area contributed by atoms with Crippen molar-refractivity contribution < 1.29 is 38.6 Å². The Kier molecular flexibility index (Phi) is 20.0. The minimum Gasteiger partial charge on any atom is -0.481 e. The lowest BCUT2D eigenvalue weighted by Crippen LogP contribution is -2.53. The summed E-state index contributed by atoms with van der Waals surface area (Å²) in [5, 5.41) is 17.4. The van der Waals surface area contributed by atoms with E-state index in [1.165, 1.54) is 6.92 Å². The molecule has 58 heavy (non-hydrogen) atoms. The van der Waals surface area contributed by atoms with Gasteiger partial charge in [-0.25, -0.2) is 4.98 Å². The maximum Gasteiger partial charge on any atom is 0.306 e. The van der Waals surface area contributed by atoms with Crippen LogP contribution in [-0.4, -0.2) is 100 Å². The number of hydrogen-bond donors (Lipinski definition) is 3. The molecule has 0 unspecified atom stereocenters. The Morgan fingerprint density at radius 2 is 1.74 bits per heavy atom. The highest BCUT2D eigenvalue weighted by Crippen LogP contribution is 2.33. The van der Waals surface area contributed by atoms with Gasteiger partial charge >= 0.3 is 11.9 Å². The highest BCUT2D eigenvalue weighted by molar-refractivity contribution is 7.09. The molecule has 1 aromatic carbocycles. The van der Waals surface area contributed by atoms with Crippen molar-refractivity contribution in [2.24, 2.45) is 23.7 Å². The van der Waals surface area contributed by atoms with Crippen LogP contribution in [0.1, 0.15) is 133 Å². The highest BCUT2D eigenvalue weighted by atomic mass is 32.1. The Bertz CT molecular complexity index is 1650. The van der Waals surface area contributed by atoms with Crippen molar-refractivity contribution in [3.05, 3.63) is 52.0 Å². The van der Waals surface area contributed by atoms with Gasteiger partial charge in [0, 0.05) is 49.7 Å². The highest BCUT2D eigenvalue weighted by Gasteiger charge is 2.40. The molecule has 322 valence electrons. The number of unbranched alkanes of at least 4 members (excludes halogenated alkanes) is 1. The van der Waals surface area contributed by atoms with Gasteiger partial charge in [0.15, 0.2) is 11.9 Å². The molecule has 7 atom stereocenters. The van der Waals surface area contributed by atoms with Crippen molar-refractivity contribution >= 4 is 46.8 Å². The first-order chi connectivity index (χ1) is 27.6. The maximum absolute atomic E-state index is 14.9. The number of aliphatic carboxylic acids is 1. The van der Waals surface area contributed by atoms with Crippen LogP contribution in [0.4, 0.5) is 0 Å². The standard InChI is InChI=1S/C44H67N5O8S/c1-9-11-20-45-40(52)26-49(43(54)34(29(5)10-2)24-38(51)36-19-15-16-21-48(36)8)37(28(3)4)25-39(57-31(7)50)42-47-35(27-58-42)41(53)46-33(22-30(6)44(55)56)23-32-17-13-12-14-18-32/h12-14,17-18,27-30,33-34,36-37,39H,9-11,15-16,19-26H2,1-8H3,(H,45,52)(H,46,53)(H,55,56)/t29-,30-,33+,34-,36+,37+,39+/m0/s1. The lowest BCUT2D eigenvalue weighted by molar-refractivity contribution is -0.151. The van der Waals surface area contributed by atoms with E-state index < -0.39 is 47.9 Å². The molecular formula is C44H67N5O8S. The molecule has 0 bridgehead atoms. The Morgan fingerprint density at radius 1 is 1.03 bits per heavy atom. The summed E-state index contributed by atoms with van der Waals surface area (Å²) in [6.07, 6.45) is 4.90. The molecule has 1 aliphatic rings. The van der Waals surface area contributed by atoms with E-state index >= 15 is 0 Å². The predicted molar refractivity (Wildman–Crippen MR) is 225 cm³/mol. The Balaban J connectivity index is 1.96. The fourth-order valence-electron chi connectivity index (χ4n) is 7.63. The van der Waals surface area contributed by atoms with E-state index in [4.69, 9.17) is 4.74 Å². The lowest BCUT2D eigenvalue weighted by atomic mass is 9.82. The lowest BCUT2D eigenvalue weighted by Gasteiger charge is -2.39. The monoisotopic (exact) mass is 825 g/mol. The summed E-state index contributed by atoms with van der Waals surface area (Å²) in [6, 6.07) is 8.14. The second-order valence-electron chi connectivity index (χ2n) is 16.4. The number of hydrogen-bond acceptors (Lipinski definition) is 10. The molecule has 14 heteroatoms. The van der Waals surface area contributed by atoms with Crippen LogP contribution < -0.4 is 10.6 Å². The number of aromatic nitrogens is 1. The molecule has 1 aromatic heterocycles. The van der Waals surface area contributed by atoms with Crippen molar-refractivity contribution in [3.63, 3.8) is 0 Å². The Labute approximate surface area is 349 Å². The SMILES string of the molecule is CCCCNC(=O)CN(C(=O)[C@@H](CC(=O)[C@H]1CCCCN1C)[C@@H](C)CC)[C@H](C[C@@H](OC(C)=O)c1nc(C(=O)N[C@@H](Cc2ccccc2)C[C@H](C)C(=O)O)cs1)C(C)C. The van der Waals surface area contributed by atoms with E-state index in [2.05, 4.69) is 20.5 Å². The fraction of sp³-hybridized carbons (Fsp3) is 0.659. The summed E-state index contributed by atoms with van der Waals surface area (Å²) >= 11 is 1.14. The van der Waals surface area contributed by atoms with Gasteiger partial charge in [-0.15, -0.1) is 11.3 Å². The van der Waals surface area contributed by atoms with Gasteiger partial charge < -0.3 is 25.4 Å². The number of benzene rings is 1. The molecule has 1 saturated heterocycles. The molecule has 0 aliphatic carbocycles. The number of carbonyl (C=O) groups is 6. The number of carbonyl (C=O) groups excluding carboxylic acids is 5. The van der Waals surface area contributed by atoms with Gasteiger partial charge in [-0.2, -0.15) is 0 Å². The Morgan fingerprint density at radius 3 is 2.34 bits per heavy atom. The van der Waals surface area contributed by atoms with Gasteiger partial charge in [0.05, 0.1) is 18.5 Å². The summed E-state index contributed by atoms with van der Waals surface area (Å²) in [5.74, 6) is -4.30. The van der Waals surface area contributed by atoms with Gasteiger partial charge in [0.25, 0.3) is 5.91 Å². The molecule has 1 fully saturated rings. The average Bonchev–Trinajstić information content (AvgIpc) is 3.68. The number of likely N-dealkylation sites (tertiary alicyclic amines) is 1. The molecule has 13 nitrogen and oxygen atoms in total. The van der Waals surface area contributed by atoms with Crippen molar-refractivity contribution in [2.45, 2.75) is 137 Å². The third kappa shape index (κ3) is 14.9. The summed E-state index contributed by atoms with van der Waals surface area (Å²) < 4.78 is 5.86. The summed E-state index contributed by atoms with van der Waals surface area (Å²) in [6.45, 7) is 13.8. The molecule has 3 N–H and O–H groups in total. The van der Waals surface area contributed by atoms with E-state index in [1.807, 2.05) is 72.0 Å². The van der Waals surface area contributed by atoms with Crippen LogP contribution in [0.5, 0.6) is 0 Å². The number of nitrogens with one attached hydrogen (secondary N) is 2.